The summed E-state index contributed by atoms with van der Waals surface area (Å²) < 4.78 is 0. The summed E-state index contributed by atoms with van der Waals surface area (Å²) in [7, 11) is 0. The maximum absolute atomic E-state index is 12.3. The van der Waals surface area contributed by atoms with E-state index in [4.69, 9.17) is 5.73 Å². The molecule has 98 valence electrons. The molecule has 1 fully saturated rings. The number of pyridine rings is 1. The van der Waals surface area contributed by atoms with Crippen LogP contribution in [-0.4, -0.2) is 16.3 Å². The molecule has 1 aliphatic rings. The molecule has 0 radical (unpaired) electrons. The number of nitrogens with zero attached hydrogens (tertiary/aromatic N) is 1. The molecule has 3 heteroatoms. The van der Waals surface area contributed by atoms with Gasteiger partial charge in [0.05, 0.1) is 12.0 Å². The van der Waals surface area contributed by atoms with Gasteiger partial charge in [-0.1, -0.05) is 32.3 Å². The molecular weight excluding hydrogens is 224 g/mol. The maximum atomic E-state index is 12.3. The molecule has 1 aromatic heterocycles. The van der Waals surface area contributed by atoms with Crippen LogP contribution in [0.1, 0.15) is 50.3 Å². The van der Waals surface area contributed by atoms with Gasteiger partial charge in [-0.15, -0.1) is 0 Å². The summed E-state index contributed by atoms with van der Waals surface area (Å²) in [6, 6.07) is 3.99. The van der Waals surface area contributed by atoms with Crippen LogP contribution in [0.5, 0.6) is 0 Å². The molecule has 2 rings (SSSR count). The summed E-state index contributed by atoms with van der Waals surface area (Å²) >= 11 is 0. The van der Waals surface area contributed by atoms with Gasteiger partial charge in [-0.05, 0) is 30.9 Å². The van der Waals surface area contributed by atoms with Crippen LogP contribution in [0, 0.1) is 0 Å². The third-order valence-electron chi connectivity index (χ3n) is 3.94. The van der Waals surface area contributed by atoms with Crippen molar-refractivity contribution in [2.24, 2.45) is 5.73 Å². The summed E-state index contributed by atoms with van der Waals surface area (Å²) in [6.45, 7) is 2.10. The molecule has 0 atom stereocenters. The Hall–Kier alpha value is -1.22. The summed E-state index contributed by atoms with van der Waals surface area (Å²) in [6.07, 6.45) is 8.22. The van der Waals surface area contributed by atoms with Crippen LogP contribution in [-0.2, 0) is 17.6 Å². The zero-order valence-electron chi connectivity index (χ0n) is 11.1. The van der Waals surface area contributed by atoms with Gasteiger partial charge in [0.25, 0.3) is 0 Å². The number of Topliss-reactive ketones (excluding diaryl/α,β-unsaturated/α-hetero) is 1. The van der Waals surface area contributed by atoms with Crippen LogP contribution in [0.3, 0.4) is 0 Å². The molecule has 0 unspecified atom stereocenters. The largest absolute Gasteiger partial charge is 0.319 e. The van der Waals surface area contributed by atoms with Crippen molar-refractivity contribution >= 4 is 5.78 Å². The summed E-state index contributed by atoms with van der Waals surface area (Å²) in [5.41, 5.74) is 7.68. The molecule has 0 spiro atoms. The van der Waals surface area contributed by atoms with E-state index >= 15 is 0 Å². The van der Waals surface area contributed by atoms with Gasteiger partial charge in [-0.25, -0.2) is 0 Å². The molecule has 0 aromatic carbocycles. The van der Waals surface area contributed by atoms with Crippen LogP contribution in [0.25, 0.3) is 0 Å². The van der Waals surface area contributed by atoms with Crippen molar-refractivity contribution < 1.29 is 4.79 Å². The second-order valence-corrected chi connectivity index (χ2v) is 5.33. The fraction of sp³-hybridized carbons (Fsp3) is 0.600. The zero-order chi connectivity index (χ0) is 13.0. The number of hydrogen-bond acceptors (Lipinski definition) is 3. The van der Waals surface area contributed by atoms with Gasteiger partial charge in [0.2, 0.25) is 0 Å². The Morgan fingerprint density at radius 2 is 2.06 bits per heavy atom. The summed E-state index contributed by atoms with van der Waals surface area (Å²) in [5.74, 6) is 0.152. The lowest BCUT2D eigenvalue weighted by Crippen LogP contribution is -2.50. The first-order valence-corrected chi connectivity index (χ1v) is 6.90. The topological polar surface area (TPSA) is 56.0 Å². The van der Waals surface area contributed by atoms with E-state index in [9.17, 15) is 4.79 Å². The number of ketones is 1. The normalized spacial score (nSPS) is 18.6. The number of aromatic nitrogens is 1. The minimum atomic E-state index is -0.594. The lowest BCUT2D eigenvalue weighted by atomic mass is 9.78. The first kappa shape index (κ1) is 13.2. The number of aryl methyl sites for hydroxylation is 1. The van der Waals surface area contributed by atoms with Gasteiger partial charge in [-0.3, -0.25) is 9.78 Å². The number of carbonyl (C=O) groups excluding carboxylic acids is 1. The average Bonchev–Trinajstić information content (AvgIpc) is 2.40. The van der Waals surface area contributed by atoms with E-state index in [0.29, 0.717) is 6.42 Å². The molecule has 0 aliphatic heterocycles. The first-order chi connectivity index (χ1) is 8.64. The molecule has 0 saturated heterocycles. The van der Waals surface area contributed by atoms with Gasteiger partial charge in [0, 0.05) is 11.9 Å². The Labute approximate surface area is 109 Å². The van der Waals surface area contributed by atoms with E-state index < -0.39 is 5.54 Å². The Morgan fingerprint density at radius 3 is 2.61 bits per heavy atom. The van der Waals surface area contributed by atoms with E-state index in [-0.39, 0.29) is 5.78 Å². The highest BCUT2D eigenvalue weighted by Gasteiger charge is 2.34. The summed E-state index contributed by atoms with van der Waals surface area (Å²) in [4.78, 5) is 16.6. The van der Waals surface area contributed by atoms with E-state index in [1.54, 1.807) is 0 Å². The van der Waals surface area contributed by atoms with Crippen molar-refractivity contribution in [1.82, 2.24) is 4.98 Å². The lowest BCUT2D eigenvalue weighted by molar-refractivity contribution is -0.124. The molecule has 0 bridgehead atoms. The SMILES string of the molecule is CCc1ccc(CC(=O)C2(N)CCCCC2)nc1. The predicted octanol–water partition coefficient (Wildman–Crippen LogP) is 2.42. The smallest absolute Gasteiger partial charge is 0.158 e. The van der Waals surface area contributed by atoms with Gasteiger partial charge in [-0.2, -0.15) is 0 Å². The zero-order valence-corrected chi connectivity index (χ0v) is 11.1. The highest BCUT2D eigenvalue weighted by atomic mass is 16.1. The Bertz CT molecular complexity index is 405. The lowest BCUT2D eigenvalue weighted by Gasteiger charge is -2.31. The van der Waals surface area contributed by atoms with Crippen molar-refractivity contribution in [3.05, 3.63) is 29.6 Å². The van der Waals surface area contributed by atoms with E-state index in [2.05, 4.69) is 11.9 Å². The minimum absolute atomic E-state index is 0.152. The fourth-order valence-corrected chi connectivity index (χ4v) is 2.57. The van der Waals surface area contributed by atoms with Crippen LogP contribution < -0.4 is 5.73 Å². The van der Waals surface area contributed by atoms with Crippen molar-refractivity contribution in [1.29, 1.82) is 0 Å². The van der Waals surface area contributed by atoms with Crippen LogP contribution in [0.2, 0.25) is 0 Å². The van der Waals surface area contributed by atoms with Crippen LogP contribution in [0.4, 0.5) is 0 Å². The molecule has 3 nitrogen and oxygen atoms in total. The minimum Gasteiger partial charge on any atom is -0.319 e. The average molecular weight is 246 g/mol. The third kappa shape index (κ3) is 2.96. The Balaban J connectivity index is 2.01. The van der Waals surface area contributed by atoms with Crippen molar-refractivity contribution in [2.45, 2.75) is 57.4 Å². The number of nitrogens with two attached hydrogens (primary N) is 1. The monoisotopic (exact) mass is 246 g/mol. The van der Waals surface area contributed by atoms with Gasteiger partial charge >= 0.3 is 0 Å². The van der Waals surface area contributed by atoms with Crippen LogP contribution in [0.15, 0.2) is 18.3 Å². The maximum Gasteiger partial charge on any atom is 0.158 e. The first-order valence-electron chi connectivity index (χ1n) is 6.90. The molecule has 1 saturated carbocycles. The van der Waals surface area contributed by atoms with Gasteiger partial charge in [0.15, 0.2) is 5.78 Å². The Morgan fingerprint density at radius 1 is 1.33 bits per heavy atom. The quantitative estimate of drug-likeness (QED) is 0.887. The molecule has 0 amide bonds. The van der Waals surface area contributed by atoms with Gasteiger partial charge in [0.1, 0.15) is 0 Å². The Kier molecular flexibility index (Phi) is 4.12. The highest BCUT2D eigenvalue weighted by Crippen LogP contribution is 2.27. The molecule has 18 heavy (non-hydrogen) atoms. The third-order valence-corrected chi connectivity index (χ3v) is 3.94. The summed E-state index contributed by atoms with van der Waals surface area (Å²) in [5, 5.41) is 0. The number of rotatable bonds is 4. The second-order valence-electron chi connectivity index (χ2n) is 5.33. The molecule has 1 aromatic rings. The van der Waals surface area contributed by atoms with Crippen molar-refractivity contribution in [3.63, 3.8) is 0 Å². The van der Waals surface area contributed by atoms with Crippen LogP contribution >= 0.6 is 0 Å². The van der Waals surface area contributed by atoms with E-state index in [1.165, 1.54) is 12.0 Å². The van der Waals surface area contributed by atoms with E-state index in [1.807, 2.05) is 18.3 Å². The molecule has 1 aliphatic carbocycles. The second kappa shape index (κ2) is 5.61. The van der Waals surface area contributed by atoms with Gasteiger partial charge < -0.3 is 5.73 Å². The predicted molar refractivity (Wildman–Crippen MR) is 72.3 cm³/mol. The highest BCUT2D eigenvalue weighted by molar-refractivity contribution is 5.89. The fourth-order valence-electron chi connectivity index (χ4n) is 2.57. The van der Waals surface area contributed by atoms with E-state index in [0.717, 1.165) is 37.8 Å². The van der Waals surface area contributed by atoms with Crippen molar-refractivity contribution in [2.75, 3.05) is 0 Å². The standard InChI is InChI=1S/C15H22N2O/c1-2-12-6-7-13(17-11-12)10-14(18)15(16)8-4-3-5-9-15/h6-7,11H,2-5,8-10,16H2,1H3. The molecule has 1 heterocycles. The molecule has 2 N–H and O–H groups in total. The molecular formula is C15H22N2O. The number of carbonyl (C=O) groups is 1. The van der Waals surface area contributed by atoms with Crippen molar-refractivity contribution in [3.8, 4) is 0 Å². The number of hydrogen-bond donors (Lipinski definition) is 1.